The number of benzene rings is 2. The Bertz CT molecular complexity index is 1080. The highest BCUT2D eigenvalue weighted by Crippen LogP contribution is 2.28. The third kappa shape index (κ3) is 3.01. The molecule has 6 nitrogen and oxygen atoms in total. The van der Waals surface area contributed by atoms with Gasteiger partial charge in [-0.05, 0) is 48.0 Å². The number of fused-ring (bicyclic) bond motifs is 1. The van der Waals surface area contributed by atoms with Crippen LogP contribution in [0.15, 0.2) is 59.9 Å². The standard InChI is InChI=1S/C19H17N5OS/c1-12-6-5-7-14(10-12)24-19(21-22-23-24)26-13(2)18(25)16-11-20-17-9-4-3-8-15(16)17/h3-11,13,20H,1-2H3/t13-/m1/s1. The van der Waals surface area contributed by atoms with Crippen molar-refractivity contribution in [3.63, 3.8) is 0 Å². The molecule has 0 aliphatic rings. The summed E-state index contributed by atoms with van der Waals surface area (Å²) < 4.78 is 1.66. The van der Waals surface area contributed by atoms with E-state index in [-0.39, 0.29) is 11.0 Å². The van der Waals surface area contributed by atoms with Crippen molar-refractivity contribution in [3.8, 4) is 5.69 Å². The maximum atomic E-state index is 12.9. The molecule has 0 bridgehead atoms. The van der Waals surface area contributed by atoms with Crippen LogP contribution in [0.1, 0.15) is 22.8 Å². The zero-order chi connectivity index (χ0) is 18.1. The molecule has 0 spiro atoms. The van der Waals surface area contributed by atoms with Gasteiger partial charge in [-0.1, -0.05) is 42.1 Å². The largest absolute Gasteiger partial charge is 0.360 e. The summed E-state index contributed by atoms with van der Waals surface area (Å²) in [5, 5.41) is 13.2. The number of nitrogens with one attached hydrogen (secondary N) is 1. The van der Waals surface area contributed by atoms with Crippen LogP contribution in [0.3, 0.4) is 0 Å². The Hall–Kier alpha value is -2.93. The summed E-state index contributed by atoms with van der Waals surface area (Å²) in [5.41, 5.74) is 3.65. The maximum Gasteiger partial charge on any atom is 0.214 e. The minimum Gasteiger partial charge on any atom is -0.360 e. The average molecular weight is 363 g/mol. The minimum absolute atomic E-state index is 0.0474. The van der Waals surface area contributed by atoms with Gasteiger partial charge in [-0.25, -0.2) is 0 Å². The van der Waals surface area contributed by atoms with E-state index in [4.69, 9.17) is 0 Å². The molecule has 26 heavy (non-hydrogen) atoms. The fourth-order valence-corrected chi connectivity index (χ4v) is 3.76. The van der Waals surface area contributed by atoms with E-state index in [1.165, 1.54) is 11.8 Å². The lowest BCUT2D eigenvalue weighted by Gasteiger charge is -2.10. The quantitative estimate of drug-likeness (QED) is 0.431. The molecular weight excluding hydrogens is 346 g/mol. The number of H-pyrrole nitrogens is 1. The molecule has 4 aromatic rings. The summed E-state index contributed by atoms with van der Waals surface area (Å²) in [6.45, 7) is 3.90. The molecule has 1 atom stereocenters. The van der Waals surface area contributed by atoms with Gasteiger partial charge >= 0.3 is 0 Å². The number of tetrazole rings is 1. The van der Waals surface area contributed by atoms with Crippen LogP contribution in [0, 0.1) is 6.92 Å². The molecule has 0 saturated carbocycles. The number of Topliss-reactive ketones (excluding diaryl/α,β-unsaturated/α-hetero) is 1. The number of carbonyl (C=O) groups excluding carboxylic acids is 1. The van der Waals surface area contributed by atoms with Crippen molar-refractivity contribution < 1.29 is 4.79 Å². The van der Waals surface area contributed by atoms with E-state index in [0.717, 1.165) is 22.2 Å². The summed E-state index contributed by atoms with van der Waals surface area (Å²) in [6, 6.07) is 15.7. The molecule has 7 heteroatoms. The maximum absolute atomic E-state index is 12.9. The van der Waals surface area contributed by atoms with Gasteiger partial charge in [0.15, 0.2) is 5.78 Å². The van der Waals surface area contributed by atoms with E-state index in [1.54, 1.807) is 10.9 Å². The first-order valence-electron chi connectivity index (χ1n) is 8.26. The van der Waals surface area contributed by atoms with Crippen LogP contribution in [0.2, 0.25) is 0 Å². The highest BCUT2D eigenvalue weighted by molar-refractivity contribution is 8.00. The van der Waals surface area contributed by atoms with Crippen molar-refractivity contribution in [2.24, 2.45) is 0 Å². The Morgan fingerprint density at radius 1 is 1.19 bits per heavy atom. The molecule has 2 aromatic heterocycles. The molecule has 0 unspecified atom stereocenters. The molecule has 0 amide bonds. The number of hydrogen-bond donors (Lipinski definition) is 1. The van der Waals surface area contributed by atoms with E-state index < -0.39 is 0 Å². The second kappa shape index (κ2) is 6.76. The van der Waals surface area contributed by atoms with Crippen LogP contribution >= 0.6 is 11.8 Å². The number of hydrogen-bond acceptors (Lipinski definition) is 5. The van der Waals surface area contributed by atoms with E-state index in [1.807, 2.05) is 62.4 Å². The molecule has 0 aliphatic carbocycles. The number of aryl methyl sites for hydroxylation is 1. The van der Waals surface area contributed by atoms with Crippen LogP contribution in [0.5, 0.6) is 0 Å². The van der Waals surface area contributed by atoms with Gasteiger partial charge in [0.2, 0.25) is 5.16 Å². The number of para-hydroxylation sites is 1. The Kier molecular flexibility index (Phi) is 4.30. The molecular formula is C19H17N5OS. The van der Waals surface area contributed by atoms with E-state index in [0.29, 0.717) is 10.7 Å². The second-order valence-corrected chi connectivity index (χ2v) is 7.39. The van der Waals surface area contributed by atoms with Gasteiger partial charge in [-0.15, -0.1) is 5.10 Å². The number of aromatic nitrogens is 5. The van der Waals surface area contributed by atoms with Gasteiger partial charge in [0.05, 0.1) is 10.9 Å². The van der Waals surface area contributed by atoms with Crippen molar-refractivity contribution in [2.75, 3.05) is 0 Å². The summed E-state index contributed by atoms with van der Waals surface area (Å²) in [5.74, 6) is 0.0474. The van der Waals surface area contributed by atoms with E-state index in [2.05, 4.69) is 20.5 Å². The summed E-state index contributed by atoms with van der Waals surface area (Å²) in [4.78, 5) is 16.1. The third-order valence-corrected chi connectivity index (χ3v) is 5.23. The summed E-state index contributed by atoms with van der Waals surface area (Å²) >= 11 is 1.36. The van der Waals surface area contributed by atoms with Gasteiger partial charge in [0.25, 0.3) is 0 Å². The lowest BCUT2D eigenvalue weighted by Crippen LogP contribution is -2.14. The molecule has 0 fully saturated rings. The predicted molar refractivity (Wildman–Crippen MR) is 102 cm³/mol. The van der Waals surface area contributed by atoms with Gasteiger partial charge in [0.1, 0.15) is 0 Å². The number of thioether (sulfide) groups is 1. The Morgan fingerprint density at radius 3 is 2.88 bits per heavy atom. The summed E-state index contributed by atoms with van der Waals surface area (Å²) in [7, 11) is 0. The first kappa shape index (κ1) is 16.5. The van der Waals surface area contributed by atoms with Crippen LogP contribution < -0.4 is 0 Å². The number of rotatable bonds is 5. The first-order valence-corrected chi connectivity index (χ1v) is 9.14. The van der Waals surface area contributed by atoms with Crippen molar-refractivity contribution in [1.82, 2.24) is 25.2 Å². The van der Waals surface area contributed by atoms with Gasteiger partial charge < -0.3 is 4.98 Å². The Labute approximate surface area is 154 Å². The lowest BCUT2D eigenvalue weighted by molar-refractivity contribution is 0.0995. The lowest BCUT2D eigenvalue weighted by atomic mass is 10.1. The van der Waals surface area contributed by atoms with Gasteiger partial charge in [-0.3, -0.25) is 4.79 Å². The SMILES string of the molecule is Cc1cccc(-n2nnnc2S[C@H](C)C(=O)c2c[nH]c3ccccc23)c1. The number of aromatic amines is 1. The molecule has 0 saturated heterocycles. The molecule has 130 valence electrons. The van der Waals surface area contributed by atoms with E-state index >= 15 is 0 Å². The predicted octanol–water partition coefficient (Wildman–Crippen LogP) is 3.82. The van der Waals surface area contributed by atoms with E-state index in [9.17, 15) is 4.79 Å². The number of carbonyl (C=O) groups is 1. The van der Waals surface area contributed by atoms with Crippen molar-refractivity contribution in [2.45, 2.75) is 24.3 Å². The molecule has 2 aromatic carbocycles. The fraction of sp³-hybridized carbons (Fsp3) is 0.158. The van der Waals surface area contributed by atoms with Crippen LogP contribution in [0.25, 0.3) is 16.6 Å². The Morgan fingerprint density at radius 2 is 2.04 bits per heavy atom. The highest BCUT2D eigenvalue weighted by atomic mass is 32.2. The monoisotopic (exact) mass is 363 g/mol. The topological polar surface area (TPSA) is 76.5 Å². The van der Waals surface area contributed by atoms with Crippen molar-refractivity contribution in [3.05, 3.63) is 65.9 Å². The van der Waals surface area contributed by atoms with Crippen molar-refractivity contribution in [1.29, 1.82) is 0 Å². The molecule has 1 N–H and O–H groups in total. The Balaban J connectivity index is 1.60. The zero-order valence-electron chi connectivity index (χ0n) is 14.4. The third-order valence-electron chi connectivity index (χ3n) is 4.19. The zero-order valence-corrected chi connectivity index (χ0v) is 15.2. The fourth-order valence-electron chi connectivity index (χ4n) is 2.88. The molecule has 4 rings (SSSR count). The smallest absolute Gasteiger partial charge is 0.214 e. The average Bonchev–Trinajstić information content (AvgIpc) is 3.28. The number of nitrogens with zero attached hydrogens (tertiary/aromatic N) is 4. The highest BCUT2D eigenvalue weighted by Gasteiger charge is 2.22. The minimum atomic E-state index is -0.316. The molecule has 0 radical (unpaired) electrons. The number of ketones is 1. The van der Waals surface area contributed by atoms with Crippen LogP contribution in [-0.2, 0) is 0 Å². The molecule has 0 aliphatic heterocycles. The van der Waals surface area contributed by atoms with Gasteiger partial charge in [0, 0.05) is 22.7 Å². The first-order chi connectivity index (χ1) is 12.6. The van der Waals surface area contributed by atoms with Crippen LogP contribution in [0.4, 0.5) is 0 Å². The van der Waals surface area contributed by atoms with Crippen molar-refractivity contribution >= 4 is 28.4 Å². The van der Waals surface area contributed by atoms with Crippen LogP contribution in [-0.4, -0.2) is 36.2 Å². The summed E-state index contributed by atoms with van der Waals surface area (Å²) in [6.07, 6.45) is 1.77. The molecule has 2 heterocycles. The normalized spacial score (nSPS) is 12.4. The van der Waals surface area contributed by atoms with Gasteiger partial charge in [-0.2, -0.15) is 4.68 Å². The second-order valence-electron chi connectivity index (χ2n) is 6.08.